The van der Waals surface area contributed by atoms with Crippen LogP contribution in [0.2, 0.25) is 0 Å². The lowest BCUT2D eigenvalue weighted by Crippen LogP contribution is -2.44. The van der Waals surface area contributed by atoms with E-state index in [4.69, 9.17) is 0 Å². The van der Waals surface area contributed by atoms with E-state index in [1.807, 2.05) is 25.9 Å². The van der Waals surface area contributed by atoms with Crippen molar-refractivity contribution in [1.82, 2.24) is 10.2 Å². The molecule has 1 saturated carbocycles. The summed E-state index contributed by atoms with van der Waals surface area (Å²) in [5, 5.41) is 3.07. The maximum Gasteiger partial charge on any atom is 0.226 e. The molecule has 1 aliphatic rings. The Morgan fingerprint density at radius 3 is 2.33 bits per heavy atom. The van der Waals surface area contributed by atoms with E-state index in [1.165, 1.54) is 12.8 Å². The molecule has 1 N–H and O–H groups in total. The fourth-order valence-electron chi connectivity index (χ4n) is 2.69. The maximum atomic E-state index is 12.2. The van der Waals surface area contributed by atoms with Crippen LogP contribution in [0.3, 0.4) is 0 Å². The van der Waals surface area contributed by atoms with E-state index in [2.05, 4.69) is 19.2 Å². The van der Waals surface area contributed by atoms with E-state index in [1.54, 1.807) is 0 Å². The predicted octanol–water partition coefficient (Wildman–Crippen LogP) is 2.69. The van der Waals surface area contributed by atoms with Crippen molar-refractivity contribution in [2.45, 2.75) is 52.5 Å². The summed E-state index contributed by atoms with van der Waals surface area (Å²) in [6.07, 6.45) is 4.77. The molecule has 0 radical (unpaired) electrons. The van der Waals surface area contributed by atoms with E-state index >= 15 is 0 Å². The van der Waals surface area contributed by atoms with Crippen molar-refractivity contribution < 1.29 is 4.79 Å². The van der Waals surface area contributed by atoms with E-state index < -0.39 is 0 Å². The Labute approximate surface area is 118 Å². The smallest absolute Gasteiger partial charge is 0.226 e. The SMILES string of the molecule is CNCC(C)C(=O)N(C)C1CCC(C)(C)CC1.Cl. The van der Waals surface area contributed by atoms with Crippen molar-refractivity contribution >= 4 is 18.3 Å². The van der Waals surface area contributed by atoms with Gasteiger partial charge in [-0.2, -0.15) is 0 Å². The van der Waals surface area contributed by atoms with Gasteiger partial charge in [0.25, 0.3) is 0 Å². The minimum atomic E-state index is 0. The first-order valence-corrected chi connectivity index (χ1v) is 6.78. The van der Waals surface area contributed by atoms with Crippen molar-refractivity contribution in [2.75, 3.05) is 20.6 Å². The molecule has 0 saturated heterocycles. The molecular formula is C14H29ClN2O. The van der Waals surface area contributed by atoms with Gasteiger partial charge in [0.1, 0.15) is 0 Å². The van der Waals surface area contributed by atoms with Gasteiger partial charge in [-0.3, -0.25) is 4.79 Å². The number of halogens is 1. The molecule has 1 aliphatic carbocycles. The van der Waals surface area contributed by atoms with Crippen molar-refractivity contribution in [3.05, 3.63) is 0 Å². The number of nitrogens with one attached hydrogen (secondary N) is 1. The van der Waals surface area contributed by atoms with Gasteiger partial charge >= 0.3 is 0 Å². The number of hydrogen-bond acceptors (Lipinski definition) is 2. The van der Waals surface area contributed by atoms with Gasteiger partial charge in [0.15, 0.2) is 0 Å². The third-order valence-corrected chi connectivity index (χ3v) is 4.14. The molecule has 108 valence electrons. The fourth-order valence-corrected chi connectivity index (χ4v) is 2.69. The quantitative estimate of drug-likeness (QED) is 0.856. The lowest BCUT2D eigenvalue weighted by molar-refractivity contribution is -0.136. The Morgan fingerprint density at radius 1 is 1.39 bits per heavy atom. The zero-order chi connectivity index (χ0) is 13.1. The minimum absolute atomic E-state index is 0. The Balaban J connectivity index is 0.00000289. The molecule has 1 atom stereocenters. The van der Waals surface area contributed by atoms with Crippen molar-refractivity contribution in [1.29, 1.82) is 0 Å². The average molecular weight is 277 g/mol. The molecule has 1 unspecified atom stereocenters. The van der Waals surface area contributed by atoms with Crippen molar-refractivity contribution in [2.24, 2.45) is 11.3 Å². The Bertz CT molecular complexity index is 259. The fraction of sp³-hybridized carbons (Fsp3) is 0.929. The molecule has 0 aromatic rings. The average Bonchev–Trinajstić information content (AvgIpc) is 2.27. The van der Waals surface area contributed by atoms with Gasteiger partial charge < -0.3 is 10.2 Å². The molecule has 0 heterocycles. The zero-order valence-corrected chi connectivity index (χ0v) is 13.3. The van der Waals surface area contributed by atoms with E-state index in [0.717, 1.165) is 19.4 Å². The molecular weight excluding hydrogens is 248 g/mol. The predicted molar refractivity (Wildman–Crippen MR) is 79.1 cm³/mol. The van der Waals surface area contributed by atoms with Crippen LogP contribution >= 0.6 is 12.4 Å². The Hall–Kier alpha value is -0.280. The van der Waals surface area contributed by atoms with Crippen LogP contribution in [0, 0.1) is 11.3 Å². The van der Waals surface area contributed by atoms with Gasteiger partial charge in [-0.1, -0.05) is 20.8 Å². The van der Waals surface area contributed by atoms with Crippen LogP contribution in [-0.2, 0) is 4.79 Å². The first-order valence-electron chi connectivity index (χ1n) is 6.78. The normalized spacial score (nSPS) is 20.9. The second kappa shape index (κ2) is 7.34. The van der Waals surface area contributed by atoms with Crippen LogP contribution in [-0.4, -0.2) is 37.5 Å². The van der Waals surface area contributed by atoms with Crippen LogP contribution in [0.25, 0.3) is 0 Å². The summed E-state index contributed by atoms with van der Waals surface area (Å²) in [6, 6.07) is 0.454. The minimum Gasteiger partial charge on any atom is -0.343 e. The first-order chi connectivity index (χ1) is 7.87. The van der Waals surface area contributed by atoms with Gasteiger partial charge in [-0.05, 0) is 38.1 Å². The third kappa shape index (κ3) is 4.77. The molecule has 1 rings (SSSR count). The highest BCUT2D eigenvalue weighted by atomic mass is 35.5. The van der Waals surface area contributed by atoms with Crippen LogP contribution in [0.5, 0.6) is 0 Å². The summed E-state index contributed by atoms with van der Waals surface area (Å²) in [7, 11) is 3.87. The summed E-state index contributed by atoms with van der Waals surface area (Å²) >= 11 is 0. The van der Waals surface area contributed by atoms with Crippen molar-refractivity contribution in [3.63, 3.8) is 0 Å². The van der Waals surface area contributed by atoms with Gasteiger partial charge in [-0.25, -0.2) is 0 Å². The van der Waals surface area contributed by atoms with Crippen LogP contribution in [0.15, 0.2) is 0 Å². The summed E-state index contributed by atoms with van der Waals surface area (Å²) in [5.41, 5.74) is 0.469. The molecule has 0 aromatic heterocycles. The Morgan fingerprint density at radius 2 is 1.89 bits per heavy atom. The second-order valence-electron chi connectivity index (χ2n) is 6.30. The summed E-state index contributed by atoms with van der Waals surface area (Å²) in [4.78, 5) is 14.2. The lowest BCUT2D eigenvalue weighted by Gasteiger charge is -2.39. The van der Waals surface area contributed by atoms with Gasteiger partial charge in [0.05, 0.1) is 0 Å². The van der Waals surface area contributed by atoms with E-state index in [0.29, 0.717) is 11.5 Å². The molecule has 3 nitrogen and oxygen atoms in total. The number of carbonyl (C=O) groups is 1. The highest BCUT2D eigenvalue weighted by molar-refractivity contribution is 5.85. The molecule has 0 aliphatic heterocycles. The summed E-state index contributed by atoms with van der Waals surface area (Å²) < 4.78 is 0. The maximum absolute atomic E-state index is 12.2. The third-order valence-electron chi connectivity index (χ3n) is 4.14. The monoisotopic (exact) mass is 276 g/mol. The van der Waals surface area contributed by atoms with Crippen LogP contribution < -0.4 is 5.32 Å². The topological polar surface area (TPSA) is 32.3 Å². The van der Waals surface area contributed by atoms with Crippen molar-refractivity contribution in [3.8, 4) is 0 Å². The molecule has 0 aromatic carbocycles. The van der Waals surface area contributed by atoms with E-state index in [9.17, 15) is 4.79 Å². The number of hydrogen-bond donors (Lipinski definition) is 1. The number of amides is 1. The zero-order valence-electron chi connectivity index (χ0n) is 12.5. The van der Waals surface area contributed by atoms with Crippen LogP contribution in [0.1, 0.15) is 46.5 Å². The summed E-state index contributed by atoms with van der Waals surface area (Å²) in [6.45, 7) is 7.42. The molecule has 1 fully saturated rings. The van der Waals surface area contributed by atoms with Gasteiger partial charge in [0.2, 0.25) is 5.91 Å². The molecule has 4 heteroatoms. The van der Waals surface area contributed by atoms with Gasteiger partial charge in [-0.15, -0.1) is 12.4 Å². The lowest BCUT2D eigenvalue weighted by atomic mass is 9.75. The number of rotatable bonds is 4. The molecule has 0 spiro atoms. The van der Waals surface area contributed by atoms with Crippen LogP contribution in [0.4, 0.5) is 0 Å². The standard InChI is InChI=1S/C14H28N2O.ClH/c1-11(10-15-4)13(17)16(5)12-6-8-14(2,3)9-7-12;/h11-12,15H,6-10H2,1-5H3;1H. The first kappa shape index (κ1) is 17.7. The molecule has 0 bridgehead atoms. The van der Waals surface area contributed by atoms with Gasteiger partial charge in [0, 0.05) is 25.6 Å². The largest absolute Gasteiger partial charge is 0.343 e. The number of nitrogens with zero attached hydrogens (tertiary/aromatic N) is 1. The van der Waals surface area contributed by atoms with E-state index in [-0.39, 0.29) is 24.2 Å². The number of carbonyl (C=O) groups excluding carboxylic acids is 1. The Kier molecular flexibility index (Phi) is 7.23. The molecule has 1 amide bonds. The highest BCUT2D eigenvalue weighted by Gasteiger charge is 2.31. The second-order valence-corrected chi connectivity index (χ2v) is 6.30. The summed E-state index contributed by atoms with van der Waals surface area (Å²) in [5.74, 6) is 0.365. The highest BCUT2D eigenvalue weighted by Crippen LogP contribution is 2.36. The molecule has 18 heavy (non-hydrogen) atoms.